The Morgan fingerprint density at radius 1 is 1.22 bits per heavy atom. The second kappa shape index (κ2) is 3.77. The van der Waals surface area contributed by atoms with Crippen LogP contribution in [-0.2, 0) is 7.05 Å². The van der Waals surface area contributed by atoms with Crippen LogP contribution in [0.25, 0.3) is 22.0 Å². The molecule has 0 unspecified atom stereocenters. The number of nitrogens with one attached hydrogen (secondary N) is 1. The summed E-state index contributed by atoms with van der Waals surface area (Å²) in [6.45, 7) is 0. The van der Waals surface area contributed by atoms with Gasteiger partial charge >= 0.3 is 0 Å². The lowest BCUT2D eigenvalue weighted by atomic mass is 10.1. The second-order valence-electron chi connectivity index (χ2n) is 4.36. The van der Waals surface area contributed by atoms with Gasteiger partial charge in [-0.3, -0.25) is 4.79 Å². The number of aromatic amines is 1. The van der Waals surface area contributed by atoms with Crippen LogP contribution in [0.4, 0.5) is 5.82 Å². The van der Waals surface area contributed by atoms with E-state index in [4.69, 9.17) is 5.73 Å². The topological polar surface area (TPSA) is 63.8 Å². The Balaban J connectivity index is 2.35. The number of hydrogen-bond acceptors (Lipinski definition) is 2. The van der Waals surface area contributed by atoms with Crippen molar-refractivity contribution < 1.29 is 0 Å². The Labute approximate surface area is 104 Å². The third-order valence-corrected chi connectivity index (χ3v) is 3.07. The maximum atomic E-state index is 11.5. The summed E-state index contributed by atoms with van der Waals surface area (Å²) in [4.78, 5) is 14.0. The molecule has 0 bridgehead atoms. The maximum absolute atomic E-state index is 11.5. The molecule has 0 aliphatic carbocycles. The van der Waals surface area contributed by atoms with Gasteiger partial charge in [-0.2, -0.15) is 0 Å². The minimum atomic E-state index is -0.182. The first kappa shape index (κ1) is 10.7. The number of benzene rings is 1. The van der Waals surface area contributed by atoms with Gasteiger partial charge in [0.2, 0.25) is 5.56 Å². The minimum Gasteiger partial charge on any atom is -0.385 e. The number of fused-ring (bicyclic) bond motifs is 1. The van der Waals surface area contributed by atoms with Crippen LogP contribution in [0.3, 0.4) is 0 Å². The SMILES string of the molecule is Cn1cc(-c2cc(N)[nH]c(=O)c2)c2ccccc21. The molecule has 90 valence electrons. The zero-order valence-electron chi connectivity index (χ0n) is 9.97. The quantitative estimate of drug-likeness (QED) is 0.683. The lowest BCUT2D eigenvalue weighted by Crippen LogP contribution is -2.07. The monoisotopic (exact) mass is 239 g/mol. The van der Waals surface area contributed by atoms with Gasteiger partial charge in [-0.15, -0.1) is 0 Å². The second-order valence-corrected chi connectivity index (χ2v) is 4.36. The first-order valence-corrected chi connectivity index (χ1v) is 5.69. The normalized spacial score (nSPS) is 10.9. The van der Waals surface area contributed by atoms with Gasteiger partial charge in [0.1, 0.15) is 5.82 Å². The summed E-state index contributed by atoms with van der Waals surface area (Å²) in [6, 6.07) is 11.4. The van der Waals surface area contributed by atoms with E-state index in [9.17, 15) is 4.79 Å². The molecule has 4 nitrogen and oxygen atoms in total. The molecule has 3 aromatic rings. The van der Waals surface area contributed by atoms with E-state index >= 15 is 0 Å². The molecule has 1 aromatic carbocycles. The molecule has 0 atom stereocenters. The van der Waals surface area contributed by atoms with Crippen molar-refractivity contribution in [2.24, 2.45) is 7.05 Å². The largest absolute Gasteiger partial charge is 0.385 e. The summed E-state index contributed by atoms with van der Waals surface area (Å²) in [7, 11) is 1.99. The van der Waals surface area contributed by atoms with Crippen LogP contribution in [-0.4, -0.2) is 9.55 Å². The van der Waals surface area contributed by atoms with Crippen LogP contribution in [0.1, 0.15) is 0 Å². The predicted molar refractivity (Wildman–Crippen MR) is 73.4 cm³/mol. The first-order valence-electron chi connectivity index (χ1n) is 5.69. The predicted octanol–water partition coefficient (Wildman–Crippen LogP) is 2.12. The molecule has 0 radical (unpaired) electrons. The summed E-state index contributed by atoms with van der Waals surface area (Å²) < 4.78 is 2.04. The number of aromatic nitrogens is 2. The van der Waals surface area contributed by atoms with Crippen molar-refractivity contribution >= 4 is 16.7 Å². The number of nitrogen functional groups attached to an aromatic ring is 1. The van der Waals surface area contributed by atoms with Crippen LogP contribution in [0, 0.1) is 0 Å². The van der Waals surface area contributed by atoms with Crippen LogP contribution < -0.4 is 11.3 Å². The lowest BCUT2D eigenvalue weighted by Gasteiger charge is -2.00. The number of hydrogen-bond donors (Lipinski definition) is 2. The van der Waals surface area contributed by atoms with Gasteiger partial charge in [-0.05, 0) is 17.7 Å². The van der Waals surface area contributed by atoms with Crippen molar-refractivity contribution in [2.75, 3.05) is 5.73 Å². The highest BCUT2D eigenvalue weighted by Gasteiger charge is 2.08. The van der Waals surface area contributed by atoms with Crippen LogP contribution in [0.15, 0.2) is 47.4 Å². The van der Waals surface area contributed by atoms with E-state index in [1.165, 1.54) is 0 Å². The fourth-order valence-corrected chi connectivity index (χ4v) is 2.29. The summed E-state index contributed by atoms with van der Waals surface area (Å²) >= 11 is 0. The first-order chi connectivity index (χ1) is 8.65. The van der Waals surface area contributed by atoms with Crippen molar-refractivity contribution in [1.82, 2.24) is 9.55 Å². The van der Waals surface area contributed by atoms with E-state index in [0.29, 0.717) is 5.82 Å². The molecule has 0 aliphatic rings. The van der Waals surface area contributed by atoms with Gasteiger partial charge in [-0.25, -0.2) is 0 Å². The van der Waals surface area contributed by atoms with E-state index in [-0.39, 0.29) is 5.56 Å². The standard InChI is InChI=1S/C14H13N3O/c1-17-8-11(10-4-2-3-5-12(10)17)9-6-13(15)16-14(18)7-9/h2-8H,1H3,(H3,15,16,18). The number of para-hydroxylation sites is 1. The number of anilines is 1. The molecule has 0 saturated heterocycles. The molecule has 0 saturated carbocycles. The zero-order chi connectivity index (χ0) is 12.7. The smallest absolute Gasteiger partial charge is 0.250 e. The number of rotatable bonds is 1. The third kappa shape index (κ3) is 1.59. The van der Waals surface area contributed by atoms with Crippen molar-refractivity contribution in [3.05, 3.63) is 52.9 Å². The zero-order valence-corrected chi connectivity index (χ0v) is 9.97. The Hall–Kier alpha value is -2.49. The fourth-order valence-electron chi connectivity index (χ4n) is 2.29. The molecule has 0 aliphatic heterocycles. The Morgan fingerprint density at radius 2 is 2.00 bits per heavy atom. The molecule has 2 aromatic heterocycles. The molecular formula is C14H13N3O. The van der Waals surface area contributed by atoms with Crippen LogP contribution >= 0.6 is 0 Å². The number of H-pyrrole nitrogens is 1. The minimum absolute atomic E-state index is 0.182. The molecule has 18 heavy (non-hydrogen) atoms. The van der Waals surface area contributed by atoms with Gasteiger partial charge in [0, 0.05) is 35.8 Å². The molecule has 3 N–H and O–H groups in total. The fraction of sp³-hybridized carbons (Fsp3) is 0.0714. The Bertz CT molecular complexity index is 783. The third-order valence-electron chi connectivity index (χ3n) is 3.07. The molecule has 0 spiro atoms. The lowest BCUT2D eigenvalue weighted by molar-refractivity contribution is 0.970. The Morgan fingerprint density at radius 3 is 2.78 bits per heavy atom. The van der Waals surface area contributed by atoms with E-state index in [1.807, 2.05) is 36.0 Å². The van der Waals surface area contributed by atoms with Crippen molar-refractivity contribution in [1.29, 1.82) is 0 Å². The van der Waals surface area contributed by atoms with Gasteiger partial charge < -0.3 is 15.3 Å². The molecule has 2 heterocycles. The van der Waals surface area contributed by atoms with Crippen molar-refractivity contribution in [3.63, 3.8) is 0 Å². The van der Waals surface area contributed by atoms with Crippen molar-refractivity contribution in [2.45, 2.75) is 0 Å². The molecule has 3 rings (SSSR count). The maximum Gasteiger partial charge on any atom is 0.250 e. The van der Waals surface area contributed by atoms with E-state index in [1.54, 1.807) is 12.1 Å². The molecule has 4 heteroatoms. The van der Waals surface area contributed by atoms with Crippen molar-refractivity contribution in [3.8, 4) is 11.1 Å². The van der Waals surface area contributed by atoms with E-state index in [2.05, 4.69) is 11.1 Å². The average Bonchev–Trinajstić information content (AvgIpc) is 2.66. The van der Waals surface area contributed by atoms with Crippen LogP contribution in [0.2, 0.25) is 0 Å². The number of pyridine rings is 1. The summed E-state index contributed by atoms with van der Waals surface area (Å²) in [5.74, 6) is 0.380. The highest BCUT2D eigenvalue weighted by Crippen LogP contribution is 2.29. The Kier molecular flexibility index (Phi) is 2.23. The van der Waals surface area contributed by atoms with E-state index in [0.717, 1.165) is 22.0 Å². The highest BCUT2D eigenvalue weighted by molar-refractivity contribution is 5.96. The molecular weight excluding hydrogens is 226 g/mol. The average molecular weight is 239 g/mol. The van der Waals surface area contributed by atoms with E-state index < -0.39 is 0 Å². The van der Waals surface area contributed by atoms with Gasteiger partial charge in [0.25, 0.3) is 0 Å². The number of aryl methyl sites for hydroxylation is 1. The van der Waals surface area contributed by atoms with Gasteiger partial charge in [0.15, 0.2) is 0 Å². The number of nitrogens with two attached hydrogens (primary N) is 1. The van der Waals surface area contributed by atoms with Gasteiger partial charge in [0.05, 0.1) is 0 Å². The summed E-state index contributed by atoms with van der Waals surface area (Å²) in [5, 5.41) is 1.12. The summed E-state index contributed by atoms with van der Waals surface area (Å²) in [6.07, 6.45) is 2.01. The summed E-state index contributed by atoms with van der Waals surface area (Å²) in [5.41, 5.74) is 8.49. The highest BCUT2D eigenvalue weighted by atomic mass is 16.1. The van der Waals surface area contributed by atoms with Crippen LogP contribution in [0.5, 0.6) is 0 Å². The number of nitrogens with zero attached hydrogens (tertiary/aromatic N) is 1. The molecule has 0 fully saturated rings. The molecule has 0 amide bonds. The van der Waals surface area contributed by atoms with Gasteiger partial charge in [-0.1, -0.05) is 18.2 Å².